The fraction of sp³-hybridized carbons (Fsp3) is 0.500. The van der Waals surface area contributed by atoms with Crippen LogP contribution in [0.3, 0.4) is 0 Å². The van der Waals surface area contributed by atoms with Crippen LogP contribution in [0.2, 0.25) is 0 Å². The Labute approximate surface area is 130 Å². The molecule has 2 aromatic rings. The highest BCUT2D eigenvalue weighted by Gasteiger charge is 2.19. The van der Waals surface area contributed by atoms with Crippen molar-refractivity contribution in [3.8, 4) is 5.69 Å². The van der Waals surface area contributed by atoms with E-state index in [9.17, 15) is 0 Å². The van der Waals surface area contributed by atoms with Gasteiger partial charge in [0.25, 0.3) is 0 Å². The Kier molecular flexibility index (Phi) is 4.60. The zero-order valence-electron chi connectivity index (χ0n) is 12.7. The van der Waals surface area contributed by atoms with Crippen molar-refractivity contribution >= 4 is 11.8 Å². The summed E-state index contributed by atoms with van der Waals surface area (Å²) >= 11 is 1.77. The van der Waals surface area contributed by atoms with Gasteiger partial charge >= 0.3 is 0 Å². The molecule has 0 N–H and O–H groups in total. The van der Waals surface area contributed by atoms with Gasteiger partial charge in [-0.15, -0.1) is 10.2 Å². The molecule has 1 aliphatic rings. The van der Waals surface area contributed by atoms with E-state index in [2.05, 4.69) is 57.8 Å². The molecule has 1 fully saturated rings. The van der Waals surface area contributed by atoms with E-state index < -0.39 is 0 Å². The molecule has 3 rings (SSSR count). The lowest BCUT2D eigenvalue weighted by Crippen LogP contribution is -2.21. The van der Waals surface area contributed by atoms with Gasteiger partial charge in [0.05, 0.1) is 6.54 Å². The number of benzene rings is 1. The quantitative estimate of drug-likeness (QED) is 0.793. The highest BCUT2D eigenvalue weighted by molar-refractivity contribution is 7.99. The second-order valence-corrected chi connectivity index (χ2v) is 7.26. The minimum absolute atomic E-state index is 0.497. The van der Waals surface area contributed by atoms with Crippen LogP contribution in [0.15, 0.2) is 35.5 Å². The third kappa shape index (κ3) is 3.47. The van der Waals surface area contributed by atoms with Crippen LogP contribution in [0.1, 0.15) is 32.5 Å². The molecule has 0 atom stereocenters. The standard InChI is InChI=1S/C16H22N4S/c1-13(2)21-16-18-17-15(12-19-10-6-7-11-19)20(16)14-8-4-3-5-9-14/h3-5,8-9,13H,6-7,10-12H2,1-2H3. The third-order valence-electron chi connectivity index (χ3n) is 3.62. The number of hydrogen-bond acceptors (Lipinski definition) is 4. The molecule has 0 unspecified atom stereocenters. The number of thioether (sulfide) groups is 1. The lowest BCUT2D eigenvalue weighted by molar-refractivity contribution is 0.319. The summed E-state index contributed by atoms with van der Waals surface area (Å²) in [5, 5.41) is 10.4. The number of likely N-dealkylation sites (tertiary alicyclic amines) is 1. The van der Waals surface area contributed by atoms with Crippen molar-refractivity contribution < 1.29 is 0 Å². The molecule has 21 heavy (non-hydrogen) atoms. The van der Waals surface area contributed by atoms with E-state index in [4.69, 9.17) is 0 Å². The van der Waals surface area contributed by atoms with E-state index in [1.807, 2.05) is 6.07 Å². The highest BCUT2D eigenvalue weighted by Crippen LogP contribution is 2.26. The van der Waals surface area contributed by atoms with Gasteiger partial charge in [0.15, 0.2) is 11.0 Å². The lowest BCUT2D eigenvalue weighted by Gasteiger charge is -2.16. The smallest absolute Gasteiger partial charge is 0.196 e. The summed E-state index contributed by atoms with van der Waals surface area (Å²) in [7, 11) is 0. The van der Waals surface area contributed by atoms with E-state index in [0.717, 1.165) is 23.2 Å². The molecule has 0 radical (unpaired) electrons. The van der Waals surface area contributed by atoms with Crippen LogP contribution in [-0.2, 0) is 6.54 Å². The van der Waals surface area contributed by atoms with Crippen LogP contribution in [0.25, 0.3) is 5.69 Å². The molecule has 1 saturated heterocycles. The van der Waals surface area contributed by atoms with Gasteiger partial charge in [0, 0.05) is 10.9 Å². The minimum atomic E-state index is 0.497. The van der Waals surface area contributed by atoms with Crippen LogP contribution in [0.5, 0.6) is 0 Å². The van der Waals surface area contributed by atoms with Crippen molar-refractivity contribution in [3.05, 3.63) is 36.2 Å². The van der Waals surface area contributed by atoms with Crippen LogP contribution < -0.4 is 0 Å². The van der Waals surface area contributed by atoms with E-state index in [-0.39, 0.29) is 0 Å². The SMILES string of the molecule is CC(C)Sc1nnc(CN2CCCC2)n1-c1ccccc1. The number of hydrogen-bond donors (Lipinski definition) is 0. The average Bonchev–Trinajstić information content (AvgIpc) is 3.10. The van der Waals surface area contributed by atoms with Crippen LogP contribution in [-0.4, -0.2) is 38.0 Å². The topological polar surface area (TPSA) is 34.0 Å². The fourth-order valence-electron chi connectivity index (χ4n) is 2.67. The number of para-hydroxylation sites is 1. The molecule has 0 aliphatic carbocycles. The normalized spacial score (nSPS) is 16.0. The molecule has 2 heterocycles. The maximum Gasteiger partial charge on any atom is 0.196 e. The number of rotatable bonds is 5. The molecule has 1 aromatic heterocycles. The van der Waals surface area contributed by atoms with Crippen LogP contribution in [0.4, 0.5) is 0 Å². The van der Waals surface area contributed by atoms with Gasteiger partial charge in [-0.05, 0) is 38.1 Å². The fourth-order valence-corrected chi connectivity index (χ4v) is 3.49. The van der Waals surface area contributed by atoms with Crippen molar-refractivity contribution in [1.82, 2.24) is 19.7 Å². The summed E-state index contributed by atoms with van der Waals surface area (Å²) in [5.41, 5.74) is 1.15. The maximum absolute atomic E-state index is 4.46. The van der Waals surface area contributed by atoms with E-state index in [1.165, 1.54) is 25.9 Å². The van der Waals surface area contributed by atoms with Gasteiger partial charge in [0.2, 0.25) is 0 Å². The predicted molar refractivity (Wildman–Crippen MR) is 86.9 cm³/mol. The number of aromatic nitrogens is 3. The summed E-state index contributed by atoms with van der Waals surface area (Å²) in [6.07, 6.45) is 2.60. The number of nitrogens with zero attached hydrogens (tertiary/aromatic N) is 4. The Morgan fingerprint density at radius 1 is 1.10 bits per heavy atom. The van der Waals surface area contributed by atoms with Crippen molar-refractivity contribution in [2.24, 2.45) is 0 Å². The predicted octanol–water partition coefficient (Wildman–Crippen LogP) is 3.36. The van der Waals surface area contributed by atoms with Crippen molar-refractivity contribution in [2.75, 3.05) is 13.1 Å². The largest absolute Gasteiger partial charge is 0.296 e. The van der Waals surface area contributed by atoms with Crippen molar-refractivity contribution in [2.45, 2.75) is 43.6 Å². The molecule has 0 saturated carbocycles. The lowest BCUT2D eigenvalue weighted by atomic mass is 10.3. The molecular weight excluding hydrogens is 280 g/mol. The second kappa shape index (κ2) is 6.62. The Bertz CT molecular complexity index is 573. The van der Waals surface area contributed by atoms with Gasteiger partial charge in [-0.3, -0.25) is 9.47 Å². The Morgan fingerprint density at radius 3 is 2.48 bits per heavy atom. The van der Waals surface area contributed by atoms with Crippen molar-refractivity contribution in [1.29, 1.82) is 0 Å². The van der Waals surface area contributed by atoms with E-state index >= 15 is 0 Å². The van der Waals surface area contributed by atoms with Crippen LogP contribution in [0, 0.1) is 0 Å². The maximum atomic E-state index is 4.46. The zero-order chi connectivity index (χ0) is 14.7. The van der Waals surface area contributed by atoms with E-state index in [1.54, 1.807) is 11.8 Å². The van der Waals surface area contributed by atoms with Gasteiger partial charge in [-0.1, -0.05) is 43.8 Å². The highest BCUT2D eigenvalue weighted by atomic mass is 32.2. The van der Waals surface area contributed by atoms with E-state index in [0.29, 0.717) is 5.25 Å². The molecule has 112 valence electrons. The summed E-state index contributed by atoms with van der Waals surface area (Å²) in [6.45, 7) is 7.62. The molecule has 0 bridgehead atoms. The van der Waals surface area contributed by atoms with Crippen LogP contribution >= 0.6 is 11.8 Å². The Balaban J connectivity index is 1.93. The molecule has 1 aliphatic heterocycles. The average molecular weight is 302 g/mol. The Morgan fingerprint density at radius 2 is 1.81 bits per heavy atom. The molecule has 5 heteroatoms. The first-order valence-corrected chi connectivity index (χ1v) is 8.51. The summed E-state index contributed by atoms with van der Waals surface area (Å²) in [6, 6.07) is 10.4. The van der Waals surface area contributed by atoms with Gasteiger partial charge in [-0.25, -0.2) is 0 Å². The summed E-state index contributed by atoms with van der Waals surface area (Å²) in [5.74, 6) is 1.05. The first-order valence-electron chi connectivity index (χ1n) is 7.63. The molecule has 4 nitrogen and oxygen atoms in total. The molecule has 0 amide bonds. The third-order valence-corrected chi connectivity index (χ3v) is 4.57. The second-order valence-electron chi connectivity index (χ2n) is 5.72. The first kappa shape index (κ1) is 14.6. The van der Waals surface area contributed by atoms with Gasteiger partial charge in [-0.2, -0.15) is 0 Å². The monoisotopic (exact) mass is 302 g/mol. The summed E-state index contributed by atoms with van der Waals surface area (Å²) in [4.78, 5) is 2.47. The Hall–Kier alpha value is -1.33. The molecule has 1 aromatic carbocycles. The molecular formula is C16H22N4S. The van der Waals surface area contributed by atoms with Gasteiger partial charge < -0.3 is 0 Å². The summed E-state index contributed by atoms with van der Waals surface area (Å²) < 4.78 is 2.21. The van der Waals surface area contributed by atoms with Crippen molar-refractivity contribution in [3.63, 3.8) is 0 Å². The zero-order valence-corrected chi connectivity index (χ0v) is 13.5. The minimum Gasteiger partial charge on any atom is -0.296 e. The first-order chi connectivity index (χ1) is 10.2. The van der Waals surface area contributed by atoms with Gasteiger partial charge in [0.1, 0.15) is 0 Å². The molecule has 0 spiro atoms.